The Balaban J connectivity index is 2.23. The molecule has 0 amide bonds. The molecule has 0 radical (unpaired) electrons. The van der Waals surface area contributed by atoms with E-state index in [1.165, 1.54) is 4.31 Å². The third kappa shape index (κ3) is 6.47. The molecule has 0 bridgehead atoms. The fraction of sp³-hybridized carbons (Fsp3) is 1.00. The van der Waals surface area contributed by atoms with E-state index >= 15 is 0 Å². The number of ether oxygens (including phenoxy) is 1. The van der Waals surface area contributed by atoms with Crippen LogP contribution in [0.25, 0.3) is 0 Å². The molecule has 1 fully saturated rings. The highest BCUT2D eigenvalue weighted by atomic mass is 32.2. The summed E-state index contributed by atoms with van der Waals surface area (Å²) in [4.78, 5) is 2.32. The van der Waals surface area contributed by atoms with Crippen LogP contribution >= 0.6 is 0 Å². The second-order valence-electron chi connectivity index (χ2n) is 4.98. The molecular weight excluding hydrogens is 280 g/mol. The van der Waals surface area contributed by atoms with E-state index in [0.29, 0.717) is 26.2 Å². The predicted molar refractivity (Wildman–Crippen MR) is 79.7 cm³/mol. The number of unbranched alkanes of at least 4 members (excludes halogenated alkanes) is 2. The molecule has 120 valence electrons. The number of piperazine rings is 1. The second-order valence-corrected chi connectivity index (χ2v) is 6.74. The van der Waals surface area contributed by atoms with Crippen molar-refractivity contribution < 1.29 is 13.2 Å². The van der Waals surface area contributed by atoms with Crippen LogP contribution in [-0.2, 0) is 14.9 Å². The summed E-state index contributed by atoms with van der Waals surface area (Å²) in [6.07, 6.45) is 3.35. The highest BCUT2D eigenvalue weighted by Gasteiger charge is 2.25. The van der Waals surface area contributed by atoms with Crippen LogP contribution in [-0.4, -0.2) is 77.2 Å². The Morgan fingerprint density at radius 3 is 2.45 bits per heavy atom. The molecule has 1 aliphatic rings. The van der Waals surface area contributed by atoms with Gasteiger partial charge in [-0.2, -0.15) is 17.4 Å². The van der Waals surface area contributed by atoms with Crippen LogP contribution in [0.3, 0.4) is 0 Å². The molecule has 0 spiro atoms. The van der Waals surface area contributed by atoms with Crippen LogP contribution in [0, 0.1) is 0 Å². The van der Waals surface area contributed by atoms with Crippen LogP contribution < -0.4 is 10.5 Å². The molecule has 1 heterocycles. The average molecular weight is 308 g/mol. The molecule has 0 atom stereocenters. The Morgan fingerprint density at radius 2 is 1.85 bits per heavy atom. The van der Waals surface area contributed by atoms with E-state index in [2.05, 4.69) is 9.62 Å². The number of nitrogens with two attached hydrogens (primary N) is 1. The third-order valence-electron chi connectivity index (χ3n) is 3.44. The van der Waals surface area contributed by atoms with E-state index in [-0.39, 0.29) is 0 Å². The van der Waals surface area contributed by atoms with Gasteiger partial charge in [-0.15, -0.1) is 0 Å². The van der Waals surface area contributed by atoms with Crippen molar-refractivity contribution in [2.75, 3.05) is 59.5 Å². The molecule has 7 nitrogen and oxygen atoms in total. The molecule has 0 aromatic rings. The lowest BCUT2D eigenvalue weighted by atomic mass is 10.2. The average Bonchev–Trinajstić information content (AvgIpc) is 2.44. The minimum absolute atomic E-state index is 0.318. The lowest BCUT2D eigenvalue weighted by Crippen LogP contribution is -2.52. The Kier molecular flexibility index (Phi) is 8.58. The lowest BCUT2D eigenvalue weighted by molar-refractivity contribution is 0.182. The summed E-state index contributed by atoms with van der Waals surface area (Å²) < 4.78 is 32.9. The summed E-state index contributed by atoms with van der Waals surface area (Å²) in [6.45, 7) is 5.20. The standard InChI is InChI=1S/C12H28N4O3S/c1-19-12-6-14-20(17,18)16-10-8-15(9-11-16)7-4-2-3-5-13/h14H,2-13H2,1H3. The van der Waals surface area contributed by atoms with Crippen molar-refractivity contribution in [1.82, 2.24) is 13.9 Å². The maximum Gasteiger partial charge on any atom is 0.279 e. The summed E-state index contributed by atoms with van der Waals surface area (Å²) in [5.41, 5.74) is 5.46. The monoisotopic (exact) mass is 308 g/mol. The van der Waals surface area contributed by atoms with Gasteiger partial charge in [0.05, 0.1) is 6.61 Å². The Hall–Kier alpha value is -0.250. The van der Waals surface area contributed by atoms with E-state index in [1.54, 1.807) is 7.11 Å². The molecule has 0 saturated carbocycles. The van der Waals surface area contributed by atoms with Crippen molar-refractivity contribution in [3.05, 3.63) is 0 Å². The second kappa shape index (κ2) is 9.64. The molecule has 8 heteroatoms. The largest absolute Gasteiger partial charge is 0.383 e. The van der Waals surface area contributed by atoms with Crippen LogP contribution in [0.4, 0.5) is 0 Å². The van der Waals surface area contributed by atoms with Gasteiger partial charge in [-0.25, -0.2) is 0 Å². The molecule has 1 aliphatic heterocycles. The lowest BCUT2D eigenvalue weighted by Gasteiger charge is -2.33. The fourth-order valence-corrected chi connectivity index (χ4v) is 3.38. The molecule has 1 saturated heterocycles. The van der Waals surface area contributed by atoms with Gasteiger partial charge in [0.2, 0.25) is 0 Å². The number of hydrogen-bond acceptors (Lipinski definition) is 5. The molecule has 0 aromatic carbocycles. The zero-order valence-corrected chi connectivity index (χ0v) is 13.2. The maximum absolute atomic E-state index is 12.0. The van der Waals surface area contributed by atoms with Crippen molar-refractivity contribution in [1.29, 1.82) is 0 Å². The number of methoxy groups -OCH3 is 1. The molecular formula is C12H28N4O3S. The Bertz CT molecular complexity index is 343. The number of nitrogens with one attached hydrogen (secondary N) is 1. The SMILES string of the molecule is COCCNS(=O)(=O)N1CCN(CCCCCN)CC1. The number of nitrogens with zero attached hydrogens (tertiary/aromatic N) is 2. The van der Waals surface area contributed by atoms with Gasteiger partial charge in [0.25, 0.3) is 10.2 Å². The minimum atomic E-state index is -3.35. The van der Waals surface area contributed by atoms with Crippen molar-refractivity contribution in [3.63, 3.8) is 0 Å². The highest BCUT2D eigenvalue weighted by Crippen LogP contribution is 2.07. The van der Waals surface area contributed by atoms with E-state index < -0.39 is 10.2 Å². The van der Waals surface area contributed by atoms with Crippen molar-refractivity contribution in [3.8, 4) is 0 Å². The van der Waals surface area contributed by atoms with Gasteiger partial charge in [0.15, 0.2) is 0 Å². The first-order valence-electron chi connectivity index (χ1n) is 7.26. The van der Waals surface area contributed by atoms with Gasteiger partial charge in [0.1, 0.15) is 0 Å². The minimum Gasteiger partial charge on any atom is -0.383 e. The van der Waals surface area contributed by atoms with E-state index in [1.807, 2.05) is 0 Å². The van der Waals surface area contributed by atoms with Gasteiger partial charge in [-0.05, 0) is 25.9 Å². The molecule has 0 unspecified atom stereocenters. The van der Waals surface area contributed by atoms with Crippen molar-refractivity contribution in [2.24, 2.45) is 5.73 Å². The first kappa shape index (κ1) is 17.8. The Morgan fingerprint density at radius 1 is 1.15 bits per heavy atom. The molecule has 1 rings (SSSR count). The van der Waals surface area contributed by atoms with Crippen molar-refractivity contribution >= 4 is 10.2 Å². The van der Waals surface area contributed by atoms with E-state index in [4.69, 9.17) is 10.5 Å². The fourth-order valence-electron chi connectivity index (χ4n) is 2.21. The molecule has 20 heavy (non-hydrogen) atoms. The maximum atomic E-state index is 12.0. The van der Waals surface area contributed by atoms with E-state index in [9.17, 15) is 8.42 Å². The first-order valence-corrected chi connectivity index (χ1v) is 8.70. The normalized spacial score (nSPS) is 18.5. The van der Waals surface area contributed by atoms with Gasteiger partial charge >= 0.3 is 0 Å². The smallest absolute Gasteiger partial charge is 0.279 e. The quantitative estimate of drug-likeness (QED) is 0.517. The van der Waals surface area contributed by atoms with Gasteiger partial charge in [0, 0.05) is 39.8 Å². The summed E-state index contributed by atoms with van der Waals surface area (Å²) in [5.74, 6) is 0. The van der Waals surface area contributed by atoms with Crippen molar-refractivity contribution in [2.45, 2.75) is 19.3 Å². The van der Waals surface area contributed by atoms with Crippen LogP contribution in [0.1, 0.15) is 19.3 Å². The first-order chi connectivity index (χ1) is 9.60. The van der Waals surface area contributed by atoms with Gasteiger partial charge < -0.3 is 15.4 Å². The van der Waals surface area contributed by atoms with E-state index in [0.717, 1.165) is 45.4 Å². The Labute approximate surface area is 122 Å². The van der Waals surface area contributed by atoms with Crippen LogP contribution in [0.5, 0.6) is 0 Å². The topological polar surface area (TPSA) is 87.9 Å². The summed E-state index contributed by atoms with van der Waals surface area (Å²) in [7, 11) is -1.79. The molecule has 0 aromatic heterocycles. The number of rotatable bonds is 10. The zero-order chi connectivity index (χ0) is 14.8. The third-order valence-corrected chi connectivity index (χ3v) is 5.05. The summed E-state index contributed by atoms with van der Waals surface area (Å²) in [6, 6.07) is 0. The number of hydrogen-bond donors (Lipinski definition) is 2. The van der Waals surface area contributed by atoms with Crippen LogP contribution in [0.2, 0.25) is 0 Å². The van der Waals surface area contributed by atoms with Crippen LogP contribution in [0.15, 0.2) is 0 Å². The zero-order valence-electron chi connectivity index (χ0n) is 12.4. The van der Waals surface area contributed by atoms with Gasteiger partial charge in [-0.1, -0.05) is 6.42 Å². The highest BCUT2D eigenvalue weighted by molar-refractivity contribution is 7.87. The predicted octanol–water partition coefficient (Wildman–Crippen LogP) is -0.786. The molecule has 0 aliphatic carbocycles. The summed E-state index contributed by atoms with van der Waals surface area (Å²) >= 11 is 0. The van der Waals surface area contributed by atoms with Gasteiger partial charge in [-0.3, -0.25) is 0 Å². The molecule has 3 N–H and O–H groups in total. The summed E-state index contributed by atoms with van der Waals surface area (Å²) in [5, 5.41) is 0.